The van der Waals surface area contributed by atoms with Crippen LogP contribution in [-0.2, 0) is 0 Å². The van der Waals surface area contributed by atoms with Crippen molar-refractivity contribution in [2.45, 2.75) is 32.0 Å². The lowest BCUT2D eigenvalue weighted by atomic mass is 9.94. The van der Waals surface area contributed by atoms with Crippen LogP contribution in [0.4, 0.5) is 0 Å². The fourth-order valence-corrected chi connectivity index (χ4v) is 3.05. The molecule has 0 amide bonds. The second kappa shape index (κ2) is 6.88. The van der Waals surface area contributed by atoms with Gasteiger partial charge in [-0.25, -0.2) is 0 Å². The van der Waals surface area contributed by atoms with E-state index in [-0.39, 0.29) is 12.0 Å². The van der Waals surface area contributed by atoms with Crippen molar-refractivity contribution >= 4 is 11.3 Å². The van der Waals surface area contributed by atoms with Gasteiger partial charge in [0.1, 0.15) is 5.75 Å². The summed E-state index contributed by atoms with van der Waals surface area (Å²) in [6.45, 7) is 4.38. The van der Waals surface area contributed by atoms with E-state index in [1.807, 2.05) is 55.6 Å². The van der Waals surface area contributed by atoms with E-state index in [0.29, 0.717) is 6.54 Å². The molecule has 3 N–H and O–H groups in total. The van der Waals surface area contributed by atoms with E-state index < -0.39 is 6.10 Å². The van der Waals surface area contributed by atoms with E-state index in [1.54, 1.807) is 11.3 Å². The molecule has 0 aliphatic rings. The summed E-state index contributed by atoms with van der Waals surface area (Å²) in [7, 11) is 0. The van der Waals surface area contributed by atoms with Crippen LogP contribution in [0.3, 0.4) is 0 Å². The average molecular weight is 291 g/mol. The van der Waals surface area contributed by atoms with Crippen molar-refractivity contribution in [2.24, 2.45) is 5.73 Å². The Balaban J connectivity index is 2.21. The molecule has 108 valence electrons. The molecular formula is C16H21NO2S. The monoisotopic (exact) mass is 291 g/mol. The van der Waals surface area contributed by atoms with Gasteiger partial charge < -0.3 is 15.6 Å². The lowest BCUT2D eigenvalue weighted by Gasteiger charge is -2.21. The minimum absolute atomic E-state index is 0.0794. The first kappa shape index (κ1) is 15.0. The van der Waals surface area contributed by atoms with Crippen LogP contribution in [0.25, 0.3) is 0 Å². The molecule has 1 aromatic carbocycles. The van der Waals surface area contributed by atoms with E-state index in [0.717, 1.165) is 16.2 Å². The van der Waals surface area contributed by atoms with Crippen molar-refractivity contribution in [2.75, 3.05) is 6.54 Å². The van der Waals surface area contributed by atoms with Gasteiger partial charge in [-0.2, -0.15) is 0 Å². The molecule has 20 heavy (non-hydrogen) atoms. The smallest absolute Gasteiger partial charge is 0.120 e. The predicted octanol–water partition coefficient (Wildman–Crippen LogP) is 3.31. The minimum Gasteiger partial charge on any atom is -0.491 e. The molecule has 2 atom stereocenters. The Morgan fingerprint density at radius 2 is 2.05 bits per heavy atom. The number of hydrogen-bond donors (Lipinski definition) is 2. The maximum Gasteiger partial charge on any atom is 0.120 e. The van der Waals surface area contributed by atoms with Crippen molar-refractivity contribution < 1.29 is 9.84 Å². The topological polar surface area (TPSA) is 55.5 Å². The van der Waals surface area contributed by atoms with E-state index in [2.05, 4.69) is 0 Å². The molecule has 0 saturated heterocycles. The number of hydrogen-bond acceptors (Lipinski definition) is 4. The molecule has 2 unspecified atom stereocenters. The fourth-order valence-electron chi connectivity index (χ4n) is 2.18. The van der Waals surface area contributed by atoms with Gasteiger partial charge in [-0.15, -0.1) is 11.3 Å². The molecule has 0 saturated carbocycles. The van der Waals surface area contributed by atoms with Crippen LogP contribution in [0.2, 0.25) is 0 Å². The van der Waals surface area contributed by atoms with E-state index in [9.17, 15) is 5.11 Å². The van der Waals surface area contributed by atoms with Gasteiger partial charge >= 0.3 is 0 Å². The fraction of sp³-hybridized carbons (Fsp3) is 0.375. The standard InChI is InChI=1S/C16H21NO2S/c1-11(2)19-13-6-3-5-12(9-13)16(18)14(10-17)15-7-4-8-20-15/h3-9,11,14,16,18H,10,17H2,1-2H3. The first-order valence-corrected chi connectivity index (χ1v) is 7.68. The van der Waals surface area contributed by atoms with Crippen molar-refractivity contribution in [1.29, 1.82) is 0 Å². The van der Waals surface area contributed by atoms with Gasteiger partial charge in [0.25, 0.3) is 0 Å². The van der Waals surface area contributed by atoms with Crippen LogP contribution in [0, 0.1) is 0 Å². The third kappa shape index (κ3) is 3.60. The molecule has 0 fully saturated rings. The number of ether oxygens (including phenoxy) is 1. The maximum absolute atomic E-state index is 10.6. The summed E-state index contributed by atoms with van der Waals surface area (Å²) in [6.07, 6.45) is -0.501. The zero-order chi connectivity index (χ0) is 14.5. The lowest BCUT2D eigenvalue weighted by Crippen LogP contribution is -2.19. The number of rotatable bonds is 6. The molecule has 0 aliphatic heterocycles. The Hall–Kier alpha value is -1.36. The summed E-state index contributed by atoms with van der Waals surface area (Å²) in [6, 6.07) is 11.6. The summed E-state index contributed by atoms with van der Waals surface area (Å²) in [5, 5.41) is 12.6. The molecule has 4 heteroatoms. The second-order valence-corrected chi connectivity index (χ2v) is 6.02. The Labute approximate surface area is 124 Å². The van der Waals surface area contributed by atoms with Crippen molar-refractivity contribution in [1.82, 2.24) is 0 Å². The second-order valence-electron chi connectivity index (χ2n) is 5.04. The molecule has 0 radical (unpaired) electrons. The van der Waals surface area contributed by atoms with Crippen molar-refractivity contribution in [3.63, 3.8) is 0 Å². The molecule has 1 heterocycles. The molecule has 1 aromatic heterocycles. The molecule has 3 nitrogen and oxygen atoms in total. The number of aliphatic hydroxyl groups is 1. The highest BCUT2D eigenvalue weighted by Crippen LogP contribution is 2.34. The summed E-state index contributed by atoms with van der Waals surface area (Å²) in [5.74, 6) is 0.697. The van der Waals surface area contributed by atoms with Crippen LogP contribution < -0.4 is 10.5 Å². The minimum atomic E-state index is -0.616. The highest BCUT2D eigenvalue weighted by Gasteiger charge is 2.22. The van der Waals surface area contributed by atoms with Crippen LogP contribution in [0.1, 0.15) is 36.3 Å². The number of thiophene rings is 1. The van der Waals surface area contributed by atoms with Crippen LogP contribution in [0.15, 0.2) is 41.8 Å². The highest BCUT2D eigenvalue weighted by molar-refractivity contribution is 7.10. The Morgan fingerprint density at radius 3 is 2.65 bits per heavy atom. The predicted molar refractivity (Wildman–Crippen MR) is 83.3 cm³/mol. The number of nitrogens with two attached hydrogens (primary N) is 1. The number of aliphatic hydroxyl groups excluding tert-OH is 1. The molecular weight excluding hydrogens is 270 g/mol. The molecule has 2 aromatic rings. The van der Waals surface area contributed by atoms with Crippen molar-refractivity contribution in [3.8, 4) is 5.75 Å². The maximum atomic E-state index is 10.6. The third-order valence-electron chi connectivity index (χ3n) is 3.12. The lowest BCUT2D eigenvalue weighted by molar-refractivity contribution is 0.148. The zero-order valence-corrected chi connectivity index (χ0v) is 12.6. The Bertz CT molecular complexity index is 525. The van der Waals surface area contributed by atoms with E-state index in [4.69, 9.17) is 10.5 Å². The largest absolute Gasteiger partial charge is 0.491 e. The molecule has 2 rings (SSSR count). The van der Waals surface area contributed by atoms with Gasteiger partial charge in [0, 0.05) is 17.3 Å². The first-order chi connectivity index (χ1) is 9.61. The van der Waals surface area contributed by atoms with Gasteiger partial charge in [-0.05, 0) is 43.0 Å². The molecule has 0 aliphatic carbocycles. The average Bonchev–Trinajstić information content (AvgIpc) is 2.93. The van der Waals surface area contributed by atoms with Gasteiger partial charge in [0.05, 0.1) is 12.2 Å². The van der Waals surface area contributed by atoms with E-state index in [1.165, 1.54) is 0 Å². The summed E-state index contributed by atoms with van der Waals surface area (Å²) in [5.41, 5.74) is 6.68. The zero-order valence-electron chi connectivity index (χ0n) is 11.8. The van der Waals surface area contributed by atoms with Gasteiger partial charge in [0.2, 0.25) is 0 Å². The van der Waals surface area contributed by atoms with Crippen molar-refractivity contribution in [3.05, 3.63) is 52.2 Å². The summed E-state index contributed by atoms with van der Waals surface area (Å²) in [4.78, 5) is 1.11. The Kier molecular flexibility index (Phi) is 5.17. The quantitative estimate of drug-likeness (QED) is 0.858. The summed E-state index contributed by atoms with van der Waals surface area (Å²) < 4.78 is 5.67. The van der Waals surface area contributed by atoms with E-state index >= 15 is 0 Å². The van der Waals surface area contributed by atoms with Crippen LogP contribution in [-0.4, -0.2) is 17.8 Å². The van der Waals surface area contributed by atoms with Crippen LogP contribution in [0.5, 0.6) is 5.75 Å². The van der Waals surface area contributed by atoms with Gasteiger partial charge in [-0.1, -0.05) is 18.2 Å². The molecule has 0 bridgehead atoms. The molecule has 0 spiro atoms. The SMILES string of the molecule is CC(C)Oc1cccc(C(O)C(CN)c2cccs2)c1. The van der Waals surface area contributed by atoms with Gasteiger partial charge in [-0.3, -0.25) is 0 Å². The van der Waals surface area contributed by atoms with Crippen LogP contribution >= 0.6 is 11.3 Å². The number of benzene rings is 1. The van der Waals surface area contributed by atoms with Gasteiger partial charge in [0.15, 0.2) is 0 Å². The summed E-state index contributed by atoms with van der Waals surface area (Å²) >= 11 is 1.62. The highest BCUT2D eigenvalue weighted by atomic mass is 32.1. The normalized spacial score (nSPS) is 14.2. The Morgan fingerprint density at radius 1 is 1.25 bits per heavy atom. The first-order valence-electron chi connectivity index (χ1n) is 6.80. The third-order valence-corrected chi connectivity index (χ3v) is 4.12.